The molecule has 0 spiro atoms. The van der Waals surface area contributed by atoms with E-state index in [0.717, 1.165) is 24.4 Å². The van der Waals surface area contributed by atoms with E-state index in [1.807, 2.05) is 35.7 Å². The molecule has 1 fully saturated rings. The van der Waals surface area contributed by atoms with Gasteiger partial charge in [0.1, 0.15) is 4.90 Å². The summed E-state index contributed by atoms with van der Waals surface area (Å²) >= 11 is 13.6. The number of hydrogen-bond acceptors (Lipinski definition) is 7. The van der Waals surface area contributed by atoms with Crippen LogP contribution in [0, 0.1) is 11.7 Å². The van der Waals surface area contributed by atoms with Gasteiger partial charge in [-0.15, -0.1) is 0 Å². The first-order chi connectivity index (χ1) is 24.5. The van der Waals surface area contributed by atoms with Crippen molar-refractivity contribution in [2.45, 2.75) is 30.8 Å². The number of carboxylic acid groups (broad SMARTS) is 1. The molecule has 5 aromatic rings. The molecule has 2 atom stereocenters. The molecule has 51 heavy (non-hydrogen) atoms. The Kier molecular flexibility index (Phi) is 9.67. The molecule has 3 aromatic carbocycles. The highest BCUT2D eigenvalue weighted by Crippen LogP contribution is 2.40. The number of carbonyl (C=O) groups is 2. The summed E-state index contributed by atoms with van der Waals surface area (Å²) < 4.78 is 38.9. The van der Waals surface area contributed by atoms with Crippen molar-refractivity contribution in [3.8, 4) is 16.9 Å². The Morgan fingerprint density at radius 1 is 1.12 bits per heavy atom. The fraction of sp³-hybridized carbons (Fsp3) is 0.306. The van der Waals surface area contributed by atoms with Crippen LogP contribution in [0.15, 0.2) is 59.6 Å². The molecule has 7 rings (SSSR count). The van der Waals surface area contributed by atoms with Gasteiger partial charge in [-0.2, -0.15) is 0 Å². The first kappa shape index (κ1) is 35.1. The van der Waals surface area contributed by atoms with Gasteiger partial charge < -0.3 is 24.6 Å². The van der Waals surface area contributed by atoms with Gasteiger partial charge in [0.25, 0.3) is 5.91 Å². The maximum absolute atomic E-state index is 16.1. The number of carboxylic acids is 1. The van der Waals surface area contributed by atoms with Gasteiger partial charge in [-0.05, 0) is 49.8 Å². The molecule has 2 aliphatic rings. The van der Waals surface area contributed by atoms with E-state index >= 15 is 4.39 Å². The number of likely N-dealkylation sites (N-methyl/N-ethyl adjacent to an activating group) is 1. The second-order valence-electron chi connectivity index (χ2n) is 12.9. The van der Waals surface area contributed by atoms with Crippen molar-refractivity contribution in [2.75, 3.05) is 39.1 Å². The maximum atomic E-state index is 16.1. The minimum absolute atomic E-state index is 0.0410. The number of nitrogens with zero attached hydrogens (tertiary/aromatic N) is 5. The van der Waals surface area contributed by atoms with Gasteiger partial charge >= 0.3 is 5.97 Å². The molecular weight excluding hydrogens is 718 g/mol. The van der Waals surface area contributed by atoms with Crippen LogP contribution in [0.2, 0.25) is 10.0 Å². The van der Waals surface area contributed by atoms with Crippen LogP contribution in [0.3, 0.4) is 0 Å². The van der Waals surface area contributed by atoms with Crippen LogP contribution in [0.1, 0.15) is 34.0 Å². The second-order valence-corrected chi connectivity index (χ2v) is 15.0. The third-order valence-electron chi connectivity index (χ3n) is 9.67. The summed E-state index contributed by atoms with van der Waals surface area (Å²) in [7, 11) is 3.07. The number of benzene rings is 3. The van der Waals surface area contributed by atoms with Crippen LogP contribution in [-0.2, 0) is 42.3 Å². The quantitative estimate of drug-likeness (QED) is 0.182. The summed E-state index contributed by atoms with van der Waals surface area (Å²) in [5.41, 5.74) is 4.65. The smallest absolute Gasteiger partial charge is 0.307 e. The number of methoxy groups -OCH3 is 1. The summed E-state index contributed by atoms with van der Waals surface area (Å²) in [5, 5.41) is 13.3. The number of ether oxygens (including phenoxy) is 1. The molecule has 15 heteroatoms. The van der Waals surface area contributed by atoms with Gasteiger partial charge in [-0.25, -0.2) is 13.6 Å². The number of imidazole rings is 1. The fourth-order valence-corrected chi connectivity index (χ4v) is 8.91. The molecule has 2 aliphatic heterocycles. The number of aliphatic carboxylic acids is 1. The molecule has 0 saturated carbocycles. The van der Waals surface area contributed by atoms with E-state index in [-0.39, 0.29) is 28.1 Å². The van der Waals surface area contributed by atoms with Crippen LogP contribution < -0.4 is 10.1 Å². The minimum Gasteiger partial charge on any atom is -0.493 e. The van der Waals surface area contributed by atoms with E-state index in [1.54, 1.807) is 36.5 Å². The average Bonchev–Trinajstić information content (AvgIpc) is 3.83. The summed E-state index contributed by atoms with van der Waals surface area (Å²) in [6, 6.07) is 14.0. The van der Waals surface area contributed by atoms with Crippen molar-refractivity contribution < 1.29 is 28.0 Å². The number of anilines is 1. The van der Waals surface area contributed by atoms with Crippen molar-refractivity contribution in [2.24, 2.45) is 13.0 Å². The van der Waals surface area contributed by atoms with Crippen molar-refractivity contribution in [3.05, 3.63) is 93.4 Å². The number of fused-ring (bicyclic) bond motifs is 2. The van der Waals surface area contributed by atoms with Gasteiger partial charge in [0, 0.05) is 68.1 Å². The Bertz CT molecular complexity index is 2240. The SMILES string of the molecule is COc1c(CN2CCC(C(=O)O)C2)cc(Cl)c(S(=O)n2ccc3c(-c4cccc(NC(=O)c5nc6c(n5C)CCN(C)C6)c4Cl)cccc32)c1F. The molecule has 266 valence electrons. The van der Waals surface area contributed by atoms with Crippen LogP contribution >= 0.6 is 23.2 Å². The second kappa shape index (κ2) is 14.0. The van der Waals surface area contributed by atoms with E-state index < -0.39 is 28.7 Å². The molecule has 4 heterocycles. The van der Waals surface area contributed by atoms with Crippen LogP contribution in [0.5, 0.6) is 5.75 Å². The molecule has 2 N–H and O–H groups in total. The van der Waals surface area contributed by atoms with Gasteiger partial charge in [-0.3, -0.25) is 18.5 Å². The number of amides is 1. The third-order valence-corrected chi connectivity index (χ3v) is 11.9. The van der Waals surface area contributed by atoms with Crippen LogP contribution in [0.25, 0.3) is 22.0 Å². The highest BCUT2D eigenvalue weighted by molar-refractivity contribution is 7.83. The predicted octanol–water partition coefficient (Wildman–Crippen LogP) is 6.21. The molecule has 1 amide bonds. The zero-order valence-electron chi connectivity index (χ0n) is 28.1. The lowest BCUT2D eigenvalue weighted by Gasteiger charge is -2.21. The lowest BCUT2D eigenvalue weighted by atomic mass is 10.0. The van der Waals surface area contributed by atoms with E-state index in [9.17, 15) is 18.9 Å². The number of carbonyl (C=O) groups excluding carboxylic acids is 1. The van der Waals surface area contributed by atoms with E-state index in [1.165, 1.54) is 17.1 Å². The predicted molar refractivity (Wildman–Crippen MR) is 194 cm³/mol. The highest BCUT2D eigenvalue weighted by Gasteiger charge is 2.31. The largest absolute Gasteiger partial charge is 0.493 e. The summed E-state index contributed by atoms with van der Waals surface area (Å²) in [6.07, 6.45) is 2.89. The monoisotopic (exact) mass is 752 g/mol. The van der Waals surface area contributed by atoms with E-state index in [4.69, 9.17) is 27.9 Å². The Labute approximate surface area is 306 Å². The molecule has 0 radical (unpaired) electrons. The van der Waals surface area contributed by atoms with Crippen molar-refractivity contribution >= 4 is 62.7 Å². The summed E-state index contributed by atoms with van der Waals surface area (Å²) in [4.78, 5) is 33.3. The topological polar surface area (TPSA) is 122 Å². The number of halogens is 3. The first-order valence-electron chi connectivity index (χ1n) is 16.3. The van der Waals surface area contributed by atoms with Gasteiger partial charge in [0.2, 0.25) is 0 Å². The van der Waals surface area contributed by atoms with Crippen molar-refractivity contribution in [1.82, 2.24) is 23.3 Å². The number of hydrogen-bond donors (Lipinski definition) is 2. The third kappa shape index (κ3) is 6.42. The number of likely N-dealkylation sites (tertiary alicyclic amines) is 1. The average molecular weight is 754 g/mol. The zero-order valence-corrected chi connectivity index (χ0v) is 30.4. The lowest BCUT2D eigenvalue weighted by Crippen LogP contribution is -2.27. The summed E-state index contributed by atoms with van der Waals surface area (Å²) in [5.74, 6) is -2.38. The molecule has 0 aliphatic carbocycles. The number of nitrogens with one attached hydrogen (secondary N) is 1. The van der Waals surface area contributed by atoms with Gasteiger partial charge in [0.15, 0.2) is 28.4 Å². The van der Waals surface area contributed by atoms with Crippen molar-refractivity contribution in [1.29, 1.82) is 0 Å². The fourth-order valence-electron chi connectivity index (χ4n) is 7.05. The zero-order chi connectivity index (χ0) is 36.1. The molecule has 11 nitrogen and oxygen atoms in total. The Hall–Kier alpha value is -4.27. The standard InChI is InChI=1S/C36H35Cl2FN6O5S/c1-42-13-12-29-27(19-42)40-34(43(29)2)35(46)41-26-8-4-7-24(30(26)38)22-6-5-9-28-23(22)11-15-45(28)51(49)33-25(37)16-21(32(50-3)31(33)39)18-44-14-10-20(17-44)36(47)48/h4-9,11,15-16,20H,10,12-14,17-19H2,1-3H3,(H,41,46)(H,47,48). The van der Waals surface area contributed by atoms with Crippen molar-refractivity contribution in [3.63, 3.8) is 0 Å². The molecule has 1 saturated heterocycles. The van der Waals surface area contributed by atoms with E-state index in [0.29, 0.717) is 70.2 Å². The van der Waals surface area contributed by atoms with Crippen LogP contribution in [-0.4, -0.2) is 78.3 Å². The van der Waals surface area contributed by atoms with E-state index in [2.05, 4.69) is 15.2 Å². The molecule has 0 bridgehead atoms. The minimum atomic E-state index is -2.12. The van der Waals surface area contributed by atoms with Gasteiger partial charge in [0.05, 0.1) is 40.0 Å². The van der Waals surface area contributed by atoms with Gasteiger partial charge in [-0.1, -0.05) is 47.5 Å². The summed E-state index contributed by atoms with van der Waals surface area (Å²) in [6.45, 7) is 2.66. The van der Waals surface area contributed by atoms with Crippen LogP contribution in [0.4, 0.5) is 10.1 Å². The number of aromatic nitrogens is 3. The normalized spacial score (nSPS) is 17.1. The Balaban J connectivity index is 1.18. The Morgan fingerprint density at radius 2 is 1.88 bits per heavy atom. The molecular formula is C36H35Cl2FN6O5S. The molecule has 2 unspecified atom stereocenters. The lowest BCUT2D eigenvalue weighted by molar-refractivity contribution is -0.141. The first-order valence-corrected chi connectivity index (χ1v) is 18.2. The molecule has 2 aromatic heterocycles. The number of rotatable bonds is 9. The maximum Gasteiger partial charge on any atom is 0.307 e. The Morgan fingerprint density at radius 3 is 2.63 bits per heavy atom. The highest BCUT2D eigenvalue weighted by atomic mass is 35.5.